The molecule has 0 bridgehead atoms. The zero-order valence-electron chi connectivity index (χ0n) is 22.1. The number of ketones is 1. The third-order valence-electron chi connectivity index (χ3n) is 6.45. The molecule has 1 aromatic rings. The SMILES string of the molecule is C=CCN(CC=C)c1ccc(C2C=CN(C(=O)OC(C)(C)C)C(C3(O)C(=O)C(CC)=C3CC)=C2)cc1. The molecule has 1 aromatic carbocycles. The molecule has 2 unspecified atom stereocenters. The largest absolute Gasteiger partial charge is 0.443 e. The van der Waals surface area contributed by atoms with Crippen LogP contribution < -0.4 is 4.90 Å². The third kappa shape index (κ3) is 5.09. The number of carbonyl (C=O) groups excluding carboxylic acids is 2. The van der Waals surface area contributed by atoms with Gasteiger partial charge in [0.25, 0.3) is 0 Å². The zero-order chi connectivity index (χ0) is 26.7. The predicted molar refractivity (Wildman–Crippen MR) is 145 cm³/mol. The fourth-order valence-corrected chi connectivity index (χ4v) is 4.80. The minimum atomic E-state index is -1.84. The molecule has 1 heterocycles. The van der Waals surface area contributed by atoms with Gasteiger partial charge in [0.05, 0.1) is 5.70 Å². The molecule has 0 fully saturated rings. The van der Waals surface area contributed by atoms with Crippen LogP contribution in [-0.4, -0.2) is 46.2 Å². The van der Waals surface area contributed by atoms with Crippen LogP contribution in [0.15, 0.2) is 84.8 Å². The van der Waals surface area contributed by atoms with E-state index in [-0.39, 0.29) is 17.4 Å². The first kappa shape index (κ1) is 27.2. The van der Waals surface area contributed by atoms with Gasteiger partial charge in [-0.2, -0.15) is 0 Å². The highest BCUT2D eigenvalue weighted by Gasteiger charge is 2.56. The third-order valence-corrected chi connectivity index (χ3v) is 6.45. The smallest absolute Gasteiger partial charge is 0.418 e. The van der Waals surface area contributed by atoms with Crippen LogP contribution in [0, 0.1) is 0 Å². The van der Waals surface area contributed by atoms with E-state index >= 15 is 0 Å². The predicted octanol–water partition coefficient (Wildman–Crippen LogP) is 6.03. The summed E-state index contributed by atoms with van der Waals surface area (Å²) < 4.78 is 5.59. The van der Waals surface area contributed by atoms with Crippen molar-refractivity contribution in [3.05, 3.63) is 90.3 Å². The van der Waals surface area contributed by atoms with Crippen LogP contribution >= 0.6 is 0 Å². The number of amides is 1. The van der Waals surface area contributed by atoms with E-state index in [0.29, 0.717) is 37.1 Å². The lowest BCUT2D eigenvalue weighted by Gasteiger charge is -2.45. The number of allylic oxidation sites excluding steroid dienone is 2. The normalized spacial score (nSPS) is 21.6. The van der Waals surface area contributed by atoms with Crippen molar-refractivity contribution in [2.45, 2.75) is 64.6 Å². The number of hydrogen-bond donors (Lipinski definition) is 1. The minimum absolute atomic E-state index is 0.229. The average molecular weight is 491 g/mol. The first-order valence-corrected chi connectivity index (χ1v) is 12.5. The summed E-state index contributed by atoms with van der Waals surface area (Å²) in [6, 6.07) is 8.09. The fraction of sp³-hybridized carbons (Fsp3) is 0.400. The maximum absolute atomic E-state index is 13.1. The number of aliphatic hydroxyl groups is 1. The Labute approximate surface area is 214 Å². The lowest BCUT2D eigenvalue weighted by molar-refractivity contribution is -0.132. The van der Waals surface area contributed by atoms with Crippen molar-refractivity contribution >= 4 is 17.6 Å². The molecular weight excluding hydrogens is 452 g/mol. The maximum Gasteiger partial charge on any atom is 0.418 e. The molecule has 1 N–H and O–H groups in total. The van der Waals surface area contributed by atoms with E-state index in [9.17, 15) is 14.7 Å². The Kier molecular flexibility index (Phi) is 8.09. The highest BCUT2D eigenvalue weighted by molar-refractivity contribution is 6.15. The van der Waals surface area contributed by atoms with Crippen LogP contribution in [0.4, 0.5) is 10.5 Å². The van der Waals surface area contributed by atoms with Crippen molar-refractivity contribution in [2.24, 2.45) is 0 Å². The molecule has 1 aliphatic carbocycles. The average Bonchev–Trinajstić information content (AvgIpc) is 2.84. The first-order valence-electron chi connectivity index (χ1n) is 12.5. The fourth-order valence-electron chi connectivity index (χ4n) is 4.80. The van der Waals surface area contributed by atoms with Gasteiger partial charge in [-0.15, -0.1) is 13.2 Å². The van der Waals surface area contributed by atoms with Gasteiger partial charge in [-0.1, -0.05) is 44.2 Å². The minimum Gasteiger partial charge on any atom is -0.443 e. The lowest BCUT2D eigenvalue weighted by Crippen LogP contribution is -2.56. The Bertz CT molecular complexity index is 1110. The summed E-state index contributed by atoms with van der Waals surface area (Å²) in [5.74, 6) is -0.587. The van der Waals surface area contributed by atoms with Crippen LogP contribution in [0.5, 0.6) is 0 Å². The van der Waals surface area contributed by atoms with E-state index < -0.39 is 17.3 Å². The number of rotatable bonds is 9. The summed E-state index contributed by atoms with van der Waals surface area (Å²) in [7, 11) is 0. The molecule has 0 spiro atoms. The van der Waals surface area contributed by atoms with Gasteiger partial charge in [0, 0.05) is 36.5 Å². The van der Waals surface area contributed by atoms with E-state index in [1.807, 2.05) is 56.3 Å². The standard InChI is InChI=1S/C30H38N2O4/c1-8-17-31(18-9-2)23-14-12-21(13-15-23)22-16-19-32(28(34)36-29(5,6)7)26(20-22)30(35)25(11-4)24(10-3)27(30)33/h8-9,12-16,19-20,22,35H,1-2,10-11,17-18H2,3-7H3. The summed E-state index contributed by atoms with van der Waals surface area (Å²) >= 11 is 0. The Morgan fingerprint density at radius 3 is 2.25 bits per heavy atom. The molecule has 2 atom stereocenters. The van der Waals surface area contributed by atoms with Crippen LogP contribution in [0.25, 0.3) is 0 Å². The number of nitrogens with zero attached hydrogens (tertiary/aromatic N) is 2. The molecule has 6 nitrogen and oxygen atoms in total. The quantitative estimate of drug-likeness (QED) is 0.428. The second-order valence-corrected chi connectivity index (χ2v) is 10.0. The van der Waals surface area contributed by atoms with Gasteiger partial charge in [0.15, 0.2) is 5.60 Å². The van der Waals surface area contributed by atoms with Gasteiger partial charge in [-0.25, -0.2) is 4.79 Å². The Morgan fingerprint density at radius 2 is 1.75 bits per heavy atom. The Hall–Kier alpha value is -3.38. The van der Waals surface area contributed by atoms with E-state index in [1.165, 1.54) is 4.90 Å². The number of benzene rings is 1. The number of hydrogen-bond acceptors (Lipinski definition) is 5. The van der Waals surface area contributed by atoms with Gasteiger partial charge in [-0.05, 0) is 63.0 Å². The number of carbonyl (C=O) groups is 2. The van der Waals surface area contributed by atoms with Crippen molar-refractivity contribution in [3.8, 4) is 0 Å². The molecular formula is C30H38N2O4. The second-order valence-electron chi connectivity index (χ2n) is 10.0. The van der Waals surface area contributed by atoms with Crippen LogP contribution in [-0.2, 0) is 9.53 Å². The molecule has 2 aliphatic rings. The highest BCUT2D eigenvalue weighted by atomic mass is 16.6. The molecule has 36 heavy (non-hydrogen) atoms. The summed E-state index contributed by atoms with van der Waals surface area (Å²) in [4.78, 5) is 29.7. The molecule has 0 saturated heterocycles. The summed E-state index contributed by atoms with van der Waals surface area (Å²) in [6.07, 6.45) is 9.38. The van der Waals surface area contributed by atoms with Crippen LogP contribution in [0.3, 0.4) is 0 Å². The van der Waals surface area contributed by atoms with Crippen molar-refractivity contribution in [3.63, 3.8) is 0 Å². The monoisotopic (exact) mass is 490 g/mol. The van der Waals surface area contributed by atoms with Crippen molar-refractivity contribution in [2.75, 3.05) is 18.0 Å². The lowest BCUT2D eigenvalue weighted by atomic mass is 9.66. The van der Waals surface area contributed by atoms with E-state index in [1.54, 1.807) is 33.0 Å². The number of anilines is 1. The summed E-state index contributed by atoms with van der Waals surface area (Å²) in [5, 5.41) is 11.7. The van der Waals surface area contributed by atoms with Crippen LogP contribution in [0.2, 0.25) is 0 Å². The van der Waals surface area contributed by atoms with E-state index in [2.05, 4.69) is 18.1 Å². The highest BCUT2D eigenvalue weighted by Crippen LogP contribution is 2.47. The number of ether oxygens (including phenoxy) is 1. The maximum atomic E-state index is 13.1. The second kappa shape index (κ2) is 10.7. The van der Waals surface area contributed by atoms with Gasteiger partial charge < -0.3 is 14.7 Å². The molecule has 6 heteroatoms. The molecule has 1 amide bonds. The van der Waals surface area contributed by atoms with Crippen molar-refractivity contribution in [1.82, 2.24) is 4.90 Å². The Balaban J connectivity index is 2.02. The van der Waals surface area contributed by atoms with Crippen molar-refractivity contribution < 1.29 is 19.4 Å². The molecule has 0 radical (unpaired) electrons. The molecule has 0 aromatic heterocycles. The van der Waals surface area contributed by atoms with E-state index in [4.69, 9.17) is 4.74 Å². The molecule has 192 valence electrons. The summed E-state index contributed by atoms with van der Waals surface area (Å²) in [5.41, 5.74) is 0.956. The van der Waals surface area contributed by atoms with Crippen LogP contribution in [0.1, 0.15) is 58.9 Å². The summed E-state index contributed by atoms with van der Waals surface area (Å²) in [6.45, 7) is 18.2. The molecule has 3 rings (SSSR count). The molecule has 0 saturated carbocycles. The Morgan fingerprint density at radius 1 is 1.14 bits per heavy atom. The van der Waals surface area contributed by atoms with E-state index in [0.717, 1.165) is 11.3 Å². The van der Waals surface area contributed by atoms with Gasteiger partial charge in [-0.3, -0.25) is 9.69 Å². The molecule has 1 aliphatic heterocycles. The zero-order valence-corrected chi connectivity index (χ0v) is 22.1. The first-order chi connectivity index (χ1) is 17.0. The van der Waals surface area contributed by atoms with Gasteiger partial charge in [0.2, 0.25) is 5.78 Å². The van der Waals surface area contributed by atoms with Gasteiger partial charge in [0.1, 0.15) is 5.60 Å². The topological polar surface area (TPSA) is 70.1 Å². The van der Waals surface area contributed by atoms with Crippen molar-refractivity contribution in [1.29, 1.82) is 0 Å². The number of Topliss-reactive ketones (excluding diaryl/α,β-unsaturated/α-hetero) is 1. The van der Waals surface area contributed by atoms with Gasteiger partial charge >= 0.3 is 6.09 Å².